The largest absolute Gasteiger partial charge is 0.452 e. The molecular weight excluding hydrogens is 368 g/mol. The van der Waals surface area contributed by atoms with Gasteiger partial charge in [0.05, 0.1) is 5.92 Å². The number of anilines is 1. The summed E-state index contributed by atoms with van der Waals surface area (Å²) >= 11 is 0. The van der Waals surface area contributed by atoms with E-state index in [0.29, 0.717) is 13.0 Å². The molecule has 1 saturated heterocycles. The molecule has 3 rings (SSSR count). The quantitative estimate of drug-likeness (QED) is 0.733. The standard InChI is InChI=1S/C23H26N2O4/c1-16-8-10-20(11-9-16)25-15-19(14-21(25)26)23(28)29-17(2)22(27)24-13-12-18-6-4-3-5-7-18/h3-11,17,19H,12-15H2,1-2H3,(H,24,27). The molecule has 1 aliphatic rings. The van der Waals surface area contributed by atoms with Gasteiger partial charge >= 0.3 is 5.97 Å². The highest BCUT2D eigenvalue weighted by Gasteiger charge is 2.37. The van der Waals surface area contributed by atoms with E-state index in [-0.39, 0.29) is 24.8 Å². The number of rotatable bonds is 7. The fourth-order valence-corrected chi connectivity index (χ4v) is 3.28. The zero-order valence-electron chi connectivity index (χ0n) is 16.8. The van der Waals surface area contributed by atoms with Crippen molar-refractivity contribution in [3.63, 3.8) is 0 Å². The van der Waals surface area contributed by atoms with Crippen molar-refractivity contribution in [2.75, 3.05) is 18.0 Å². The summed E-state index contributed by atoms with van der Waals surface area (Å²) in [5.74, 6) is -1.54. The first kappa shape index (κ1) is 20.6. The fraction of sp³-hybridized carbons (Fsp3) is 0.348. The number of hydrogen-bond donors (Lipinski definition) is 1. The van der Waals surface area contributed by atoms with Gasteiger partial charge in [-0.15, -0.1) is 0 Å². The fourth-order valence-electron chi connectivity index (χ4n) is 3.28. The summed E-state index contributed by atoms with van der Waals surface area (Å²) in [7, 11) is 0. The minimum atomic E-state index is -0.901. The first-order chi connectivity index (χ1) is 13.9. The molecule has 0 aliphatic carbocycles. The second-order valence-electron chi connectivity index (χ2n) is 7.35. The van der Waals surface area contributed by atoms with Gasteiger partial charge in [0.2, 0.25) is 5.91 Å². The van der Waals surface area contributed by atoms with Gasteiger partial charge in [0.25, 0.3) is 5.91 Å². The van der Waals surface area contributed by atoms with Crippen LogP contribution in [0.3, 0.4) is 0 Å². The van der Waals surface area contributed by atoms with Crippen LogP contribution in [-0.2, 0) is 25.5 Å². The number of carbonyl (C=O) groups is 3. The number of benzene rings is 2. The number of amides is 2. The van der Waals surface area contributed by atoms with Gasteiger partial charge in [-0.2, -0.15) is 0 Å². The summed E-state index contributed by atoms with van der Waals surface area (Å²) in [5, 5.41) is 2.78. The van der Waals surface area contributed by atoms with E-state index in [1.807, 2.05) is 61.5 Å². The number of ether oxygens (including phenoxy) is 1. The Labute approximate surface area is 170 Å². The maximum absolute atomic E-state index is 12.5. The van der Waals surface area contributed by atoms with Crippen LogP contribution in [0.5, 0.6) is 0 Å². The highest BCUT2D eigenvalue weighted by molar-refractivity contribution is 5.99. The Morgan fingerprint density at radius 3 is 2.52 bits per heavy atom. The van der Waals surface area contributed by atoms with Crippen molar-refractivity contribution in [3.8, 4) is 0 Å². The summed E-state index contributed by atoms with van der Waals surface area (Å²) in [6, 6.07) is 17.4. The molecule has 6 heteroatoms. The van der Waals surface area contributed by atoms with Crippen LogP contribution in [0.25, 0.3) is 0 Å². The molecule has 1 fully saturated rings. The number of carbonyl (C=O) groups excluding carboxylic acids is 3. The third-order valence-corrected chi connectivity index (χ3v) is 5.02. The summed E-state index contributed by atoms with van der Waals surface area (Å²) < 4.78 is 5.32. The molecule has 29 heavy (non-hydrogen) atoms. The molecule has 152 valence electrons. The zero-order valence-corrected chi connectivity index (χ0v) is 16.8. The first-order valence-electron chi connectivity index (χ1n) is 9.83. The highest BCUT2D eigenvalue weighted by atomic mass is 16.5. The van der Waals surface area contributed by atoms with Crippen LogP contribution in [0.4, 0.5) is 5.69 Å². The van der Waals surface area contributed by atoms with Gasteiger partial charge in [0, 0.05) is 25.2 Å². The molecule has 2 aromatic carbocycles. The molecule has 2 unspecified atom stereocenters. The van der Waals surface area contributed by atoms with Crippen LogP contribution in [0.2, 0.25) is 0 Å². The number of nitrogens with one attached hydrogen (secondary N) is 1. The van der Waals surface area contributed by atoms with Crippen molar-refractivity contribution < 1.29 is 19.1 Å². The van der Waals surface area contributed by atoms with E-state index in [0.717, 1.165) is 16.8 Å². The van der Waals surface area contributed by atoms with Crippen molar-refractivity contribution in [1.82, 2.24) is 5.32 Å². The highest BCUT2D eigenvalue weighted by Crippen LogP contribution is 2.26. The van der Waals surface area contributed by atoms with Crippen molar-refractivity contribution in [2.24, 2.45) is 5.92 Å². The third-order valence-electron chi connectivity index (χ3n) is 5.02. The lowest BCUT2D eigenvalue weighted by atomic mass is 10.1. The number of hydrogen-bond acceptors (Lipinski definition) is 4. The van der Waals surface area contributed by atoms with E-state index in [9.17, 15) is 14.4 Å². The van der Waals surface area contributed by atoms with E-state index >= 15 is 0 Å². The topological polar surface area (TPSA) is 75.7 Å². The second-order valence-corrected chi connectivity index (χ2v) is 7.35. The van der Waals surface area contributed by atoms with E-state index < -0.39 is 18.0 Å². The summed E-state index contributed by atoms with van der Waals surface area (Å²) in [4.78, 5) is 38.6. The second kappa shape index (κ2) is 9.37. The van der Waals surface area contributed by atoms with Crippen molar-refractivity contribution >= 4 is 23.5 Å². The molecule has 1 N–H and O–H groups in total. The molecule has 2 atom stereocenters. The van der Waals surface area contributed by atoms with Gasteiger partial charge in [0.1, 0.15) is 0 Å². The monoisotopic (exact) mass is 394 g/mol. The Balaban J connectivity index is 1.47. The van der Waals surface area contributed by atoms with E-state index in [1.165, 1.54) is 0 Å². The predicted molar refractivity (Wildman–Crippen MR) is 110 cm³/mol. The summed E-state index contributed by atoms with van der Waals surface area (Å²) in [5.41, 5.74) is 2.99. The third kappa shape index (κ3) is 5.44. The predicted octanol–water partition coefficient (Wildman–Crippen LogP) is 2.64. The zero-order chi connectivity index (χ0) is 20.8. The molecule has 0 radical (unpaired) electrons. The smallest absolute Gasteiger partial charge is 0.312 e. The van der Waals surface area contributed by atoms with E-state index in [4.69, 9.17) is 4.74 Å². The molecule has 6 nitrogen and oxygen atoms in total. The van der Waals surface area contributed by atoms with Gasteiger partial charge in [-0.3, -0.25) is 14.4 Å². The Morgan fingerprint density at radius 1 is 1.14 bits per heavy atom. The average Bonchev–Trinajstić information content (AvgIpc) is 3.11. The van der Waals surface area contributed by atoms with Gasteiger partial charge in [0.15, 0.2) is 6.10 Å². The number of esters is 1. The Bertz CT molecular complexity index is 864. The van der Waals surface area contributed by atoms with Crippen LogP contribution in [0.1, 0.15) is 24.5 Å². The number of aryl methyl sites for hydroxylation is 1. The molecule has 0 bridgehead atoms. The van der Waals surface area contributed by atoms with Crippen LogP contribution in [0, 0.1) is 12.8 Å². The Morgan fingerprint density at radius 2 is 1.83 bits per heavy atom. The lowest BCUT2D eigenvalue weighted by Gasteiger charge is -2.18. The molecule has 1 heterocycles. The molecule has 0 saturated carbocycles. The number of nitrogens with zero attached hydrogens (tertiary/aromatic N) is 1. The summed E-state index contributed by atoms with van der Waals surface area (Å²) in [6.45, 7) is 4.25. The van der Waals surface area contributed by atoms with Crippen molar-refractivity contribution in [2.45, 2.75) is 32.8 Å². The lowest BCUT2D eigenvalue weighted by molar-refractivity contribution is -0.158. The SMILES string of the molecule is Cc1ccc(N2CC(C(=O)OC(C)C(=O)NCCc3ccccc3)CC2=O)cc1. The van der Waals surface area contributed by atoms with Crippen LogP contribution >= 0.6 is 0 Å². The molecule has 2 aromatic rings. The van der Waals surface area contributed by atoms with Crippen LogP contribution in [0.15, 0.2) is 54.6 Å². The van der Waals surface area contributed by atoms with E-state index in [2.05, 4.69) is 5.32 Å². The average molecular weight is 394 g/mol. The Hall–Kier alpha value is -3.15. The molecule has 2 amide bonds. The molecule has 0 spiro atoms. The maximum atomic E-state index is 12.5. The molecule has 1 aliphatic heterocycles. The molecular formula is C23H26N2O4. The summed E-state index contributed by atoms with van der Waals surface area (Å²) in [6.07, 6.45) is -0.105. The molecule has 0 aromatic heterocycles. The van der Waals surface area contributed by atoms with Gasteiger partial charge in [-0.1, -0.05) is 48.0 Å². The van der Waals surface area contributed by atoms with Gasteiger partial charge < -0.3 is 15.0 Å². The van der Waals surface area contributed by atoms with Crippen LogP contribution < -0.4 is 10.2 Å². The van der Waals surface area contributed by atoms with Crippen molar-refractivity contribution in [1.29, 1.82) is 0 Å². The minimum Gasteiger partial charge on any atom is -0.452 e. The Kier molecular flexibility index (Phi) is 6.65. The van der Waals surface area contributed by atoms with Gasteiger partial charge in [-0.25, -0.2) is 0 Å². The minimum absolute atomic E-state index is 0.0923. The normalized spacial score (nSPS) is 17.1. The lowest BCUT2D eigenvalue weighted by Crippen LogP contribution is -2.38. The first-order valence-corrected chi connectivity index (χ1v) is 9.83. The maximum Gasteiger partial charge on any atom is 0.312 e. The van der Waals surface area contributed by atoms with E-state index in [1.54, 1.807) is 11.8 Å². The van der Waals surface area contributed by atoms with Gasteiger partial charge in [-0.05, 0) is 38.0 Å². The van der Waals surface area contributed by atoms with Crippen LogP contribution in [-0.4, -0.2) is 37.0 Å². The van der Waals surface area contributed by atoms with Crippen molar-refractivity contribution in [3.05, 3.63) is 65.7 Å².